The summed E-state index contributed by atoms with van der Waals surface area (Å²) < 4.78 is 0. The number of carbonyl (C=O) groups excluding carboxylic acids is 1. The summed E-state index contributed by atoms with van der Waals surface area (Å²) in [5.74, 6) is 0.275. The molecule has 0 atom stereocenters. The van der Waals surface area contributed by atoms with Crippen LogP contribution in [0, 0.1) is 0 Å². The molecule has 1 aliphatic carbocycles. The van der Waals surface area contributed by atoms with Gasteiger partial charge < -0.3 is 4.98 Å². The second kappa shape index (κ2) is 4.85. The van der Waals surface area contributed by atoms with Gasteiger partial charge in [-0.1, -0.05) is 24.3 Å². The van der Waals surface area contributed by atoms with Crippen LogP contribution in [0.25, 0.3) is 22.0 Å². The largest absolute Gasteiger partial charge is 0.357 e. The van der Waals surface area contributed by atoms with E-state index >= 15 is 0 Å². The van der Waals surface area contributed by atoms with Gasteiger partial charge in [0.1, 0.15) is 0 Å². The molecule has 104 valence electrons. The van der Waals surface area contributed by atoms with Gasteiger partial charge in [0, 0.05) is 46.6 Å². The Kier molecular flexibility index (Phi) is 2.85. The molecule has 0 saturated heterocycles. The predicted molar refractivity (Wildman–Crippen MR) is 83.4 cm³/mol. The van der Waals surface area contributed by atoms with Gasteiger partial charge in [-0.05, 0) is 25.3 Å². The summed E-state index contributed by atoms with van der Waals surface area (Å²) in [6.45, 7) is 0. The topological polar surface area (TPSA) is 45.8 Å². The van der Waals surface area contributed by atoms with Gasteiger partial charge in [-0.3, -0.25) is 9.78 Å². The Morgan fingerprint density at radius 2 is 1.95 bits per heavy atom. The van der Waals surface area contributed by atoms with Crippen molar-refractivity contribution < 1.29 is 4.79 Å². The zero-order chi connectivity index (χ0) is 14.2. The molecule has 2 aromatic heterocycles. The van der Waals surface area contributed by atoms with Crippen molar-refractivity contribution in [1.29, 1.82) is 0 Å². The number of aryl methyl sites for hydroxylation is 1. The normalized spacial score (nSPS) is 15.0. The lowest BCUT2D eigenvalue weighted by molar-refractivity contribution is 0.0983. The van der Waals surface area contributed by atoms with Crippen LogP contribution in [-0.4, -0.2) is 15.8 Å². The van der Waals surface area contributed by atoms with Crippen molar-refractivity contribution in [2.24, 2.45) is 0 Å². The molecule has 3 aromatic rings. The molecule has 0 bridgehead atoms. The fourth-order valence-corrected chi connectivity index (χ4v) is 3.25. The van der Waals surface area contributed by atoms with E-state index in [4.69, 9.17) is 0 Å². The first-order chi connectivity index (χ1) is 10.3. The van der Waals surface area contributed by atoms with Crippen molar-refractivity contribution in [3.63, 3.8) is 0 Å². The van der Waals surface area contributed by atoms with Crippen molar-refractivity contribution in [3.05, 3.63) is 54.0 Å². The van der Waals surface area contributed by atoms with Gasteiger partial charge in [0.2, 0.25) is 0 Å². The molecule has 0 spiro atoms. The van der Waals surface area contributed by atoms with Crippen LogP contribution < -0.4 is 0 Å². The summed E-state index contributed by atoms with van der Waals surface area (Å²) in [5, 5.41) is 1.05. The molecular formula is C18H16N2O. The quantitative estimate of drug-likeness (QED) is 0.679. The van der Waals surface area contributed by atoms with Crippen LogP contribution in [0.4, 0.5) is 0 Å². The SMILES string of the molecule is O=C1CCCCc2[nH]c3c(-c4cccnc4)cccc3c21. The number of aromatic nitrogens is 2. The van der Waals surface area contributed by atoms with E-state index in [1.165, 1.54) is 0 Å². The average molecular weight is 276 g/mol. The van der Waals surface area contributed by atoms with E-state index in [9.17, 15) is 4.79 Å². The maximum atomic E-state index is 12.4. The average Bonchev–Trinajstić information content (AvgIpc) is 2.81. The van der Waals surface area contributed by atoms with Crippen LogP contribution in [0.2, 0.25) is 0 Å². The zero-order valence-corrected chi connectivity index (χ0v) is 11.7. The van der Waals surface area contributed by atoms with Crippen molar-refractivity contribution in [1.82, 2.24) is 9.97 Å². The van der Waals surface area contributed by atoms with E-state index in [1.54, 1.807) is 6.20 Å². The molecule has 4 rings (SSSR count). The zero-order valence-electron chi connectivity index (χ0n) is 11.7. The van der Waals surface area contributed by atoms with Crippen molar-refractivity contribution in [2.75, 3.05) is 0 Å². The van der Waals surface area contributed by atoms with Gasteiger partial charge in [-0.2, -0.15) is 0 Å². The van der Waals surface area contributed by atoms with E-state index in [0.29, 0.717) is 6.42 Å². The highest BCUT2D eigenvalue weighted by molar-refractivity contribution is 6.12. The number of carbonyl (C=O) groups is 1. The minimum Gasteiger partial charge on any atom is -0.357 e. The molecule has 0 radical (unpaired) electrons. The van der Waals surface area contributed by atoms with Gasteiger partial charge in [0.25, 0.3) is 0 Å². The van der Waals surface area contributed by atoms with E-state index in [2.05, 4.69) is 22.1 Å². The van der Waals surface area contributed by atoms with Gasteiger partial charge in [-0.15, -0.1) is 0 Å². The lowest BCUT2D eigenvalue weighted by atomic mass is 10.0. The fraction of sp³-hybridized carbons (Fsp3) is 0.222. The first-order valence-corrected chi connectivity index (χ1v) is 7.42. The molecule has 0 saturated carbocycles. The van der Waals surface area contributed by atoms with Gasteiger partial charge >= 0.3 is 0 Å². The number of hydrogen-bond donors (Lipinski definition) is 1. The number of hydrogen-bond acceptors (Lipinski definition) is 2. The Labute approximate surface area is 123 Å². The minimum absolute atomic E-state index is 0.275. The Balaban J connectivity index is 2.00. The highest BCUT2D eigenvalue weighted by Crippen LogP contribution is 2.34. The second-order valence-electron chi connectivity index (χ2n) is 5.58. The summed E-state index contributed by atoms with van der Waals surface area (Å²) in [7, 11) is 0. The van der Waals surface area contributed by atoms with Crippen molar-refractivity contribution in [3.8, 4) is 11.1 Å². The van der Waals surface area contributed by atoms with Crippen LogP contribution in [0.5, 0.6) is 0 Å². The third-order valence-electron chi connectivity index (χ3n) is 4.24. The third kappa shape index (κ3) is 1.97. The summed E-state index contributed by atoms with van der Waals surface area (Å²) >= 11 is 0. The van der Waals surface area contributed by atoms with E-state index in [-0.39, 0.29) is 5.78 Å². The Morgan fingerprint density at radius 1 is 1.05 bits per heavy atom. The van der Waals surface area contributed by atoms with Gasteiger partial charge in [-0.25, -0.2) is 0 Å². The molecule has 3 nitrogen and oxygen atoms in total. The first kappa shape index (κ1) is 12.3. The van der Waals surface area contributed by atoms with Crippen LogP contribution >= 0.6 is 0 Å². The summed E-state index contributed by atoms with van der Waals surface area (Å²) in [4.78, 5) is 20.1. The second-order valence-corrected chi connectivity index (χ2v) is 5.58. The molecule has 0 aliphatic heterocycles. The van der Waals surface area contributed by atoms with Gasteiger partial charge in [0.15, 0.2) is 5.78 Å². The standard InChI is InChI=1S/C18H16N2O/c21-16-9-2-1-8-15-17(16)14-7-3-6-13(18(14)20-15)12-5-4-10-19-11-12/h3-7,10-11,20H,1-2,8-9H2. The molecule has 1 N–H and O–H groups in total. The lowest BCUT2D eigenvalue weighted by Gasteiger charge is -2.03. The highest BCUT2D eigenvalue weighted by atomic mass is 16.1. The Hall–Kier alpha value is -2.42. The van der Waals surface area contributed by atoms with E-state index in [0.717, 1.165) is 52.5 Å². The monoisotopic (exact) mass is 276 g/mol. The predicted octanol–water partition coefficient (Wildman–Crippen LogP) is 4.14. The van der Waals surface area contributed by atoms with Crippen molar-refractivity contribution >= 4 is 16.7 Å². The first-order valence-electron chi connectivity index (χ1n) is 7.42. The van der Waals surface area contributed by atoms with E-state index < -0.39 is 0 Å². The number of H-pyrrole nitrogens is 1. The third-order valence-corrected chi connectivity index (χ3v) is 4.24. The molecule has 1 aromatic carbocycles. The number of pyridine rings is 1. The molecule has 0 amide bonds. The van der Waals surface area contributed by atoms with Crippen LogP contribution in [0.3, 0.4) is 0 Å². The maximum absolute atomic E-state index is 12.4. The van der Waals surface area contributed by atoms with Crippen LogP contribution in [-0.2, 0) is 6.42 Å². The number of para-hydroxylation sites is 1. The number of nitrogens with one attached hydrogen (secondary N) is 1. The number of Topliss-reactive ketones (excluding diaryl/α,β-unsaturated/α-hetero) is 1. The number of fused-ring (bicyclic) bond motifs is 3. The minimum atomic E-state index is 0.275. The number of aromatic amines is 1. The maximum Gasteiger partial charge on any atom is 0.165 e. The van der Waals surface area contributed by atoms with Crippen LogP contribution in [0.1, 0.15) is 35.3 Å². The molecule has 0 unspecified atom stereocenters. The summed E-state index contributed by atoms with van der Waals surface area (Å²) in [6, 6.07) is 10.1. The molecule has 0 fully saturated rings. The lowest BCUT2D eigenvalue weighted by Crippen LogP contribution is -1.97. The molecule has 1 aliphatic rings. The van der Waals surface area contributed by atoms with Crippen LogP contribution in [0.15, 0.2) is 42.7 Å². The van der Waals surface area contributed by atoms with Crippen molar-refractivity contribution in [2.45, 2.75) is 25.7 Å². The number of benzene rings is 1. The highest BCUT2D eigenvalue weighted by Gasteiger charge is 2.22. The number of rotatable bonds is 1. The molecule has 21 heavy (non-hydrogen) atoms. The van der Waals surface area contributed by atoms with E-state index in [1.807, 2.05) is 24.4 Å². The Bertz CT molecular complexity index is 818. The number of nitrogens with zero attached hydrogens (tertiary/aromatic N) is 1. The smallest absolute Gasteiger partial charge is 0.165 e. The summed E-state index contributed by atoms with van der Waals surface area (Å²) in [5.41, 5.74) is 5.26. The number of ketones is 1. The van der Waals surface area contributed by atoms with Gasteiger partial charge in [0.05, 0.1) is 5.52 Å². The molecule has 2 heterocycles. The Morgan fingerprint density at radius 3 is 2.81 bits per heavy atom. The summed E-state index contributed by atoms with van der Waals surface area (Å²) in [6.07, 6.45) is 7.33. The molecular weight excluding hydrogens is 260 g/mol. The fourth-order valence-electron chi connectivity index (χ4n) is 3.25. The molecule has 3 heteroatoms.